The quantitative estimate of drug-likeness (QED) is 0.218. The number of hydrogen-bond acceptors (Lipinski definition) is 7. The van der Waals surface area contributed by atoms with E-state index in [0.29, 0.717) is 29.0 Å². The summed E-state index contributed by atoms with van der Waals surface area (Å²) in [6.45, 7) is 4.60. The third-order valence-corrected chi connectivity index (χ3v) is 6.70. The molecular weight excluding hydrogens is 484 g/mol. The highest BCUT2D eigenvalue weighted by Crippen LogP contribution is 2.37. The van der Waals surface area contributed by atoms with Crippen molar-refractivity contribution >= 4 is 23.7 Å². The van der Waals surface area contributed by atoms with E-state index in [2.05, 4.69) is 17.2 Å². The van der Waals surface area contributed by atoms with Crippen molar-refractivity contribution < 1.29 is 14.3 Å². The molecule has 1 unspecified atom stereocenters. The lowest BCUT2D eigenvalue weighted by atomic mass is 9.95. The SMILES string of the molecule is CCSc1nc2n(n1)C(c1ccc(OCc3ccccc3)cc1)C(C(=O)OCc1ccccc1)=C(C)N2. The third kappa shape index (κ3) is 5.70. The number of thioether (sulfide) groups is 1. The van der Waals surface area contributed by atoms with Crippen LogP contribution in [0.3, 0.4) is 0 Å². The van der Waals surface area contributed by atoms with E-state index < -0.39 is 12.0 Å². The van der Waals surface area contributed by atoms with Gasteiger partial charge in [-0.25, -0.2) is 9.48 Å². The predicted molar refractivity (Wildman–Crippen MR) is 144 cm³/mol. The van der Waals surface area contributed by atoms with E-state index in [9.17, 15) is 4.79 Å². The summed E-state index contributed by atoms with van der Waals surface area (Å²) in [5.74, 6) is 1.80. The summed E-state index contributed by atoms with van der Waals surface area (Å²) in [5, 5.41) is 8.62. The minimum Gasteiger partial charge on any atom is -0.489 e. The predicted octanol–water partition coefficient (Wildman–Crippen LogP) is 6.00. The summed E-state index contributed by atoms with van der Waals surface area (Å²) in [7, 11) is 0. The Bertz CT molecular complexity index is 1390. The van der Waals surface area contributed by atoms with E-state index in [1.54, 1.807) is 16.4 Å². The molecule has 2 heterocycles. The van der Waals surface area contributed by atoms with E-state index >= 15 is 0 Å². The minimum absolute atomic E-state index is 0.191. The van der Waals surface area contributed by atoms with Gasteiger partial charge in [0.15, 0.2) is 0 Å². The van der Waals surface area contributed by atoms with Gasteiger partial charge in [0.25, 0.3) is 0 Å². The van der Waals surface area contributed by atoms with Crippen molar-refractivity contribution in [2.24, 2.45) is 0 Å². The highest BCUT2D eigenvalue weighted by molar-refractivity contribution is 7.99. The number of anilines is 1. The number of benzene rings is 3. The number of hydrogen-bond donors (Lipinski definition) is 1. The smallest absolute Gasteiger partial charge is 0.338 e. The zero-order valence-corrected chi connectivity index (χ0v) is 21.6. The zero-order valence-electron chi connectivity index (χ0n) is 20.8. The van der Waals surface area contributed by atoms with Crippen LogP contribution in [0.4, 0.5) is 5.95 Å². The monoisotopic (exact) mass is 512 g/mol. The van der Waals surface area contributed by atoms with Gasteiger partial charge < -0.3 is 14.8 Å². The van der Waals surface area contributed by atoms with Gasteiger partial charge in [0, 0.05) is 5.70 Å². The van der Waals surface area contributed by atoms with Crippen LogP contribution in [0.2, 0.25) is 0 Å². The second kappa shape index (κ2) is 11.3. The molecule has 8 heteroatoms. The second-order valence-electron chi connectivity index (χ2n) is 8.57. The fourth-order valence-corrected chi connectivity index (χ4v) is 4.74. The summed E-state index contributed by atoms with van der Waals surface area (Å²) in [4.78, 5) is 18.1. The summed E-state index contributed by atoms with van der Waals surface area (Å²) < 4.78 is 13.5. The molecule has 1 aliphatic rings. The second-order valence-corrected chi connectivity index (χ2v) is 9.80. The molecule has 1 aliphatic heterocycles. The molecule has 5 rings (SSSR count). The van der Waals surface area contributed by atoms with Crippen molar-refractivity contribution in [1.82, 2.24) is 14.8 Å². The van der Waals surface area contributed by atoms with Gasteiger partial charge in [-0.1, -0.05) is 91.5 Å². The highest BCUT2D eigenvalue weighted by Gasteiger charge is 2.35. The zero-order chi connectivity index (χ0) is 25.6. The first-order valence-electron chi connectivity index (χ1n) is 12.2. The fraction of sp³-hybridized carbons (Fsp3) is 0.207. The Morgan fingerprint density at radius 2 is 1.59 bits per heavy atom. The Labute approximate surface area is 220 Å². The van der Waals surface area contributed by atoms with Crippen molar-refractivity contribution in [3.05, 3.63) is 113 Å². The molecule has 7 nitrogen and oxygen atoms in total. The summed E-state index contributed by atoms with van der Waals surface area (Å²) in [6.07, 6.45) is 0. The van der Waals surface area contributed by atoms with Crippen LogP contribution in [0.25, 0.3) is 0 Å². The number of carbonyl (C=O) groups excluding carboxylic acids is 1. The Kier molecular flexibility index (Phi) is 7.56. The first-order chi connectivity index (χ1) is 18.1. The lowest BCUT2D eigenvalue weighted by Crippen LogP contribution is -2.29. The topological polar surface area (TPSA) is 78.3 Å². The average Bonchev–Trinajstić information content (AvgIpc) is 3.33. The number of nitrogens with zero attached hydrogens (tertiary/aromatic N) is 3. The molecule has 0 radical (unpaired) electrons. The molecule has 1 atom stereocenters. The standard InChI is InChI=1S/C29H28N4O3S/c1-3-37-29-31-28-30-20(2)25(27(34)36-19-22-12-8-5-9-13-22)26(33(28)32-29)23-14-16-24(17-15-23)35-18-21-10-6-4-7-11-21/h4-17,26H,3,18-19H2,1-2H3,(H,30,31,32). The van der Waals surface area contributed by atoms with Crippen LogP contribution >= 0.6 is 11.8 Å². The van der Waals surface area contributed by atoms with Crippen LogP contribution in [0.5, 0.6) is 5.75 Å². The average molecular weight is 513 g/mol. The molecule has 0 saturated carbocycles. The maximum Gasteiger partial charge on any atom is 0.338 e. The van der Waals surface area contributed by atoms with Crippen LogP contribution in [0.1, 0.15) is 36.6 Å². The molecule has 0 aliphatic carbocycles. The van der Waals surface area contributed by atoms with E-state index in [1.807, 2.05) is 91.9 Å². The fourth-order valence-electron chi connectivity index (χ4n) is 4.18. The van der Waals surface area contributed by atoms with Crippen LogP contribution in [-0.4, -0.2) is 26.5 Å². The number of allylic oxidation sites excluding steroid dienone is 1. The molecular formula is C29H28N4O3S. The van der Waals surface area contributed by atoms with Gasteiger partial charge >= 0.3 is 5.97 Å². The molecule has 188 valence electrons. The van der Waals surface area contributed by atoms with Crippen molar-refractivity contribution in [1.29, 1.82) is 0 Å². The molecule has 37 heavy (non-hydrogen) atoms. The van der Waals surface area contributed by atoms with Crippen LogP contribution in [-0.2, 0) is 22.7 Å². The molecule has 3 aromatic carbocycles. The van der Waals surface area contributed by atoms with E-state index in [1.165, 1.54) is 0 Å². The Morgan fingerprint density at radius 1 is 0.946 bits per heavy atom. The molecule has 0 bridgehead atoms. The molecule has 0 spiro atoms. The van der Waals surface area contributed by atoms with Crippen LogP contribution in [0.15, 0.2) is 101 Å². The number of aromatic nitrogens is 3. The van der Waals surface area contributed by atoms with Gasteiger partial charge in [0.2, 0.25) is 11.1 Å². The third-order valence-electron chi connectivity index (χ3n) is 5.98. The normalized spacial score (nSPS) is 14.6. The van der Waals surface area contributed by atoms with Crippen molar-refractivity contribution in [2.45, 2.75) is 38.3 Å². The number of rotatable bonds is 9. The van der Waals surface area contributed by atoms with Gasteiger partial charge in [-0.05, 0) is 41.5 Å². The van der Waals surface area contributed by atoms with Gasteiger partial charge in [0.1, 0.15) is 25.0 Å². The maximum absolute atomic E-state index is 13.4. The number of esters is 1. The van der Waals surface area contributed by atoms with Crippen LogP contribution in [0, 0.1) is 0 Å². The van der Waals surface area contributed by atoms with E-state index in [4.69, 9.17) is 14.6 Å². The Hall–Kier alpha value is -4.04. The first kappa shape index (κ1) is 24.6. The maximum atomic E-state index is 13.4. The summed E-state index contributed by atoms with van der Waals surface area (Å²) in [5.41, 5.74) is 4.11. The molecule has 1 aromatic heterocycles. The van der Waals surface area contributed by atoms with E-state index in [0.717, 1.165) is 28.2 Å². The molecule has 0 fully saturated rings. The van der Waals surface area contributed by atoms with Crippen LogP contribution < -0.4 is 10.1 Å². The van der Waals surface area contributed by atoms with Gasteiger partial charge in [-0.3, -0.25) is 0 Å². The van der Waals surface area contributed by atoms with Gasteiger partial charge in [0.05, 0.1) is 5.57 Å². The van der Waals surface area contributed by atoms with Crippen molar-refractivity contribution in [3.63, 3.8) is 0 Å². The van der Waals surface area contributed by atoms with Crippen molar-refractivity contribution in [2.75, 3.05) is 11.1 Å². The Morgan fingerprint density at radius 3 is 2.24 bits per heavy atom. The van der Waals surface area contributed by atoms with Gasteiger partial charge in [-0.15, -0.1) is 5.10 Å². The molecule has 4 aromatic rings. The van der Waals surface area contributed by atoms with Crippen molar-refractivity contribution in [3.8, 4) is 5.75 Å². The number of nitrogens with one attached hydrogen (secondary N) is 1. The number of carbonyl (C=O) groups is 1. The first-order valence-corrected chi connectivity index (χ1v) is 13.2. The minimum atomic E-state index is -0.485. The molecule has 1 N–H and O–H groups in total. The summed E-state index contributed by atoms with van der Waals surface area (Å²) >= 11 is 1.55. The number of ether oxygens (including phenoxy) is 2. The molecule has 0 saturated heterocycles. The largest absolute Gasteiger partial charge is 0.489 e. The van der Waals surface area contributed by atoms with Gasteiger partial charge in [-0.2, -0.15) is 4.98 Å². The number of fused-ring (bicyclic) bond motifs is 1. The lowest BCUT2D eigenvalue weighted by Gasteiger charge is -2.28. The van der Waals surface area contributed by atoms with E-state index in [-0.39, 0.29) is 6.61 Å². The summed E-state index contributed by atoms with van der Waals surface area (Å²) in [6, 6.07) is 27.0. The highest BCUT2D eigenvalue weighted by atomic mass is 32.2. The molecule has 0 amide bonds. The lowest BCUT2D eigenvalue weighted by molar-refractivity contribution is -0.140. The Balaban J connectivity index is 1.42.